The Morgan fingerprint density at radius 1 is 1.27 bits per heavy atom. The molecule has 0 unspecified atom stereocenters. The fraction of sp³-hybridized carbons (Fsp3) is 0.250. The van der Waals surface area contributed by atoms with Crippen molar-refractivity contribution in [2.75, 3.05) is 7.11 Å². The number of rotatable bonds is 5. The average molecular weight is 321 g/mol. The molecule has 0 saturated carbocycles. The molecule has 2 aromatic rings. The summed E-state index contributed by atoms with van der Waals surface area (Å²) in [5, 5.41) is 3.16. The number of ether oxygens (including phenoxy) is 2. The molecule has 1 N–H and O–H groups in total. The minimum atomic E-state index is -0.289. The number of benzene rings is 1. The maximum absolute atomic E-state index is 12.2. The van der Waals surface area contributed by atoms with Gasteiger partial charge in [-0.05, 0) is 32.0 Å². The van der Waals surface area contributed by atoms with Crippen molar-refractivity contribution in [1.82, 2.24) is 10.3 Å². The van der Waals surface area contributed by atoms with Crippen molar-refractivity contribution in [3.8, 4) is 17.4 Å². The van der Waals surface area contributed by atoms with E-state index >= 15 is 0 Å². The number of nitrogens with zero attached hydrogens (tertiary/aromatic N) is 1. The van der Waals surface area contributed by atoms with Crippen LogP contribution < -0.4 is 14.8 Å². The lowest BCUT2D eigenvalue weighted by atomic mass is 10.2. The molecule has 0 spiro atoms. The number of amides is 1. The minimum absolute atomic E-state index is 0.00356. The Kier molecular flexibility index (Phi) is 5.22. The number of aromatic nitrogens is 1. The summed E-state index contributed by atoms with van der Waals surface area (Å²) in [7, 11) is 1.57. The van der Waals surface area contributed by atoms with Crippen molar-refractivity contribution in [1.29, 1.82) is 0 Å². The third kappa shape index (κ3) is 4.11. The van der Waals surface area contributed by atoms with Crippen molar-refractivity contribution in [3.05, 3.63) is 47.1 Å². The van der Waals surface area contributed by atoms with Gasteiger partial charge in [-0.2, -0.15) is 0 Å². The Bertz CT molecular complexity index is 674. The first-order valence-electron chi connectivity index (χ1n) is 6.78. The Hall–Kier alpha value is -2.27. The maximum atomic E-state index is 12.2. The molecule has 22 heavy (non-hydrogen) atoms. The van der Waals surface area contributed by atoms with Crippen LogP contribution in [0.2, 0.25) is 5.02 Å². The first-order valence-corrected chi connectivity index (χ1v) is 7.15. The van der Waals surface area contributed by atoms with E-state index in [1.165, 1.54) is 12.3 Å². The highest BCUT2D eigenvalue weighted by atomic mass is 35.5. The molecule has 0 atom stereocenters. The summed E-state index contributed by atoms with van der Waals surface area (Å²) in [5.41, 5.74) is 0.281. The van der Waals surface area contributed by atoms with Gasteiger partial charge in [-0.25, -0.2) is 4.98 Å². The smallest absolute Gasteiger partial charge is 0.257 e. The average Bonchev–Trinajstić information content (AvgIpc) is 2.48. The summed E-state index contributed by atoms with van der Waals surface area (Å²) in [6.07, 6.45) is 1.43. The highest BCUT2D eigenvalue weighted by Crippen LogP contribution is 2.27. The number of carbonyl (C=O) groups is 1. The molecule has 0 radical (unpaired) electrons. The minimum Gasteiger partial charge on any atom is -0.497 e. The molecule has 0 aliphatic rings. The van der Waals surface area contributed by atoms with Gasteiger partial charge in [0.15, 0.2) is 0 Å². The number of methoxy groups -OCH3 is 1. The Morgan fingerprint density at radius 2 is 2.00 bits per heavy atom. The van der Waals surface area contributed by atoms with Crippen molar-refractivity contribution in [3.63, 3.8) is 0 Å². The molecule has 6 heteroatoms. The van der Waals surface area contributed by atoms with Crippen LogP contribution >= 0.6 is 11.6 Å². The van der Waals surface area contributed by atoms with Crippen LogP contribution in [0.25, 0.3) is 0 Å². The van der Waals surface area contributed by atoms with Gasteiger partial charge in [0, 0.05) is 18.3 Å². The van der Waals surface area contributed by atoms with Gasteiger partial charge < -0.3 is 14.8 Å². The van der Waals surface area contributed by atoms with E-state index in [1.807, 2.05) is 13.8 Å². The number of hydrogen-bond acceptors (Lipinski definition) is 4. The van der Waals surface area contributed by atoms with Gasteiger partial charge in [0.25, 0.3) is 5.91 Å². The Labute approximate surface area is 134 Å². The summed E-state index contributed by atoms with van der Waals surface area (Å²) in [4.78, 5) is 16.3. The molecule has 0 aliphatic heterocycles. The zero-order chi connectivity index (χ0) is 16.1. The first-order chi connectivity index (χ1) is 10.5. The van der Waals surface area contributed by atoms with E-state index < -0.39 is 0 Å². The Balaban J connectivity index is 2.31. The molecule has 0 bridgehead atoms. The number of carbonyl (C=O) groups excluding carboxylic acids is 1. The van der Waals surface area contributed by atoms with Gasteiger partial charge in [-0.3, -0.25) is 4.79 Å². The Morgan fingerprint density at radius 3 is 2.68 bits per heavy atom. The molecule has 5 nitrogen and oxygen atoms in total. The van der Waals surface area contributed by atoms with Crippen LogP contribution in [-0.2, 0) is 0 Å². The second kappa shape index (κ2) is 7.13. The van der Waals surface area contributed by atoms with Crippen LogP contribution in [0, 0.1) is 0 Å². The van der Waals surface area contributed by atoms with E-state index in [4.69, 9.17) is 21.1 Å². The van der Waals surface area contributed by atoms with Gasteiger partial charge in [-0.15, -0.1) is 0 Å². The molecular formula is C16H17ClN2O3. The molecule has 1 aromatic carbocycles. The topological polar surface area (TPSA) is 60.5 Å². The number of halogens is 1. The molecule has 2 rings (SSSR count). The van der Waals surface area contributed by atoms with Gasteiger partial charge in [0.2, 0.25) is 5.88 Å². The van der Waals surface area contributed by atoms with Crippen LogP contribution in [0.15, 0.2) is 36.5 Å². The summed E-state index contributed by atoms with van der Waals surface area (Å²) < 4.78 is 10.8. The number of pyridine rings is 1. The van der Waals surface area contributed by atoms with Gasteiger partial charge in [-0.1, -0.05) is 17.7 Å². The third-order valence-corrected chi connectivity index (χ3v) is 2.94. The molecule has 0 saturated heterocycles. The van der Waals surface area contributed by atoms with Crippen molar-refractivity contribution >= 4 is 17.5 Å². The standard InChI is InChI=1S/C16H17ClN2O3/c1-10(2)19-15(20)14-7-11(17)9-18-16(14)22-13-6-4-5-12(8-13)21-3/h4-10H,1-3H3,(H,19,20). The quantitative estimate of drug-likeness (QED) is 0.913. The van der Waals surface area contributed by atoms with Crippen molar-refractivity contribution < 1.29 is 14.3 Å². The zero-order valence-electron chi connectivity index (χ0n) is 12.6. The first kappa shape index (κ1) is 16.1. The van der Waals surface area contributed by atoms with E-state index in [0.29, 0.717) is 16.5 Å². The molecular weight excluding hydrogens is 304 g/mol. The van der Waals surface area contributed by atoms with E-state index in [0.717, 1.165) is 0 Å². The van der Waals surface area contributed by atoms with Crippen LogP contribution in [0.5, 0.6) is 17.4 Å². The third-order valence-electron chi connectivity index (χ3n) is 2.74. The fourth-order valence-corrected chi connectivity index (χ4v) is 1.94. The van der Waals surface area contributed by atoms with Crippen LogP contribution in [0.3, 0.4) is 0 Å². The lowest BCUT2D eigenvalue weighted by molar-refractivity contribution is 0.0940. The second-order valence-corrected chi connectivity index (χ2v) is 5.35. The molecule has 1 heterocycles. The summed E-state index contributed by atoms with van der Waals surface area (Å²) in [6.45, 7) is 3.75. The van der Waals surface area contributed by atoms with E-state index in [2.05, 4.69) is 10.3 Å². The van der Waals surface area contributed by atoms with E-state index in [-0.39, 0.29) is 23.4 Å². The van der Waals surface area contributed by atoms with Crippen LogP contribution in [-0.4, -0.2) is 24.0 Å². The number of hydrogen-bond donors (Lipinski definition) is 1. The molecule has 1 amide bonds. The maximum Gasteiger partial charge on any atom is 0.257 e. The van der Waals surface area contributed by atoms with Gasteiger partial charge in [0.1, 0.15) is 17.1 Å². The van der Waals surface area contributed by atoms with Gasteiger partial charge >= 0.3 is 0 Å². The SMILES string of the molecule is COc1cccc(Oc2ncc(Cl)cc2C(=O)NC(C)C)c1. The zero-order valence-corrected chi connectivity index (χ0v) is 13.3. The molecule has 0 aliphatic carbocycles. The fourth-order valence-electron chi connectivity index (χ4n) is 1.79. The van der Waals surface area contributed by atoms with Crippen LogP contribution in [0.1, 0.15) is 24.2 Å². The highest BCUT2D eigenvalue weighted by molar-refractivity contribution is 6.30. The monoisotopic (exact) mass is 320 g/mol. The number of nitrogens with one attached hydrogen (secondary N) is 1. The van der Waals surface area contributed by atoms with Crippen molar-refractivity contribution in [2.45, 2.75) is 19.9 Å². The molecule has 0 fully saturated rings. The predicted octanol–water partition coefficient (Wildman–Crippen LogP) is 3.67. The van der Waals surface area contributed by atoms with E-state index in [9.17, 15) is 4.79 Å². The summed E-state index contributed by atoms with van der Waals surface area (Å²) in [5.74, 6) is 1.08. The summed E-state index contributed by atoms with van der Waals surface area (Å²) in [6, 6.07) is 8.58. The largest absolute Gasteiger partial charge is 0.497 e. The predicted molar refractivity (Wildman–Crippen MR) is 84.9 cm³/mol. The van der Waals surface area contributed by atoms with Crippen molar-refractivity contribution in [2.24, 2.45) is 0 Å². The molecule has 116 valence electrons. The lowest BCUT2D eigenvalue weighted by Gasteiger charge is -2.13. The normalized spacial score (nSPS) is 10.4. The van der Waals surface area contributed by atoms with Gasteiger partial charge in [0.05, 0.1) is 12.1 Å². The van der Waals surface area contributed by atoms with E-state index in [1.54, 1.807) is 31.4 Å². The molecule has 1 aromatic heterocycles. The second-order valence-electron chi connectivity index (χ2n) is 4.92. The highest BCUT2D eigenvalue weighted by Gasteiger charge is 2.16. The summed E-state index contributed by atoms with van der Waals surface area (Å²) >= 11 is 5.93. The lowest BCUT2D eigenvalue weighted by Crippen LogP contribution is -2.30. The van der Waals surface area contributed by atoms with Crippen LogP contribution in [0.4, 0.5) is 0 Å².